The second kappa shape index (κ2) is 11.1. The van der Waals surface area contributed by atoms with Crippen LogP contribution in [0.15, 0.2) is 52.2 Å². The van der Waals surface area contributed by atoms with E-state index in [2.05, 4.69) is 53.3 Å². The Bertz CT molecular complexity index is 1310. The molecule has 7 heteroatoms. The van der Waals surface area contributed by atoms with Gasteiger partial charge in [-0.3, -0.25) is 4.79 Å². The number of benzene rings is 1. The van der Waals surface area contributed by atoms with Crippen molar-refractivity contribution in [2.75, 3.05) is 18.0 Å². The maximum atomic E-state index is 13.5. The summed E-state index contributed by atoms with van der Waals surface area (Å²) in [5, 5.41) is 3.34. The van der Waals surface area contributed by atoms with E-state index in [0.717, 1.165) is 58.0 Å². The second-order valence-corrected chi connectivity index (χ2v) is 13.0. The Kier molecular flexibility index (Phi) is 7.63. The van der Waals surface area contributed by atoms with Gasteiger partial charge in [0.2, 0.25) is 0 Å². The molecule has 1 aromatic carbocycles. The lowest BCUT2D eigenvalue weighted by Crippen LogP contribution is -2.45. The lowest BCUT2D eigenvalue weighted by Gasteiger charge is -2.52. The molecule has 0 radical (unpaired) electrons. The van der Waals surface area contributed by atoms with Crippen LogP contribution in [0.4, 0.5) is 18.9 Å². The molecule has 2 saturated carbocycles. The maximum absolute atomic E-state index is 13.5. The number of allylic oxidation sites excluding steroid dienone is 3. The third kappa shape index (κ3) is 5.40. The number of halogens is 3. The Balaban J connectivity index is 1.34. The highest BCUT2D eigenvalue weighted by Gasteiger charge is 2.58. The monoisotopic (exact) mass is 564 g/mol. The first-order chi connectivity index (χ1) is 19.7. The fourth-order valence-corrected chi connectivity index (χ4v) is 9.10. The quantitative estimate of drug-likeness (QED) is 0.258. The summed E-state index contributed by atoms with van der Waals surface area (Å²) in [6.45, 7) is 4.47. The molecule has 0 aromatic heterocycles. The Labute approximate surface area is 240 Å². The van der Waals surface area contributed by atoms with E-state index in [9.17, 15) is 22.9 Å². The van der Waals surface area contributed by atoms with E-state index in [-0.39, 0.29) is 41.9 Å². The third-order valence-electron chi connectivity index (χ3n) is 10.9. The fourth-order valence-electron chi connectivity index (χ4n) is 9.10. The highest BCUT2D eigenvalue weighted by molar-refractivity contribution is 5.82. The molecule has 0 bridgehead atoms. The molecule has 1 aromatic rings. The van der Waals surface area contributed by atoms with Gasteiger partial charge in [-0.2, -0.15) is 18.1 Å². The van der Waals surface area contributed by atoms with E-state index in [0.29, 0.717) is 11.8 Å². The first-order valence-corrected chi connectivity index (χ1v) is 15.4. The van der Waals surface area contributed by atoms with Crippen molar-refractivity contribution in [3.8, 4) is 11.8 Å². The Morgan fingerprint density at radius 3 is 2.54 bits per heavy atom. The van der Waals surface area contributed by atoms with Crippen molar-refractivity contribution >= 4 is 11.5 Å². The van der Waals surface area contributed by atoms with Gasteiger partial charge in [-0.25, -0.2) is 0 Å². The van der Waals surface area contributed by atoms with Crippen LogP contribution in [0.2, 0.25) is 0 Å². The molecular weight excluding hydrogens is 525 g/mol. The highest BCUT2D eigenvalue weighted by atomic mass is 19.4. The number of rotatable bonds is 6. The minimum atomic E-state index is -4.52. The molecule has 6 atom stereocenters. The van der Waals surface area contributed by atoms with Crippen molar-refractivity contribution in [1.29, 1.82) is 0 Å². The van der Waals surface area contributed by atoms with Gasteiger partial charge in [0, 0.05) is 49.4 Å². The van der Waals surface area contributed by atoms with Gasteiger partial charge in [-0.15, -0.1) is 0 Å². The zero-order valence-corrected chi connectivity index (χ0v) is 23.8. The molecule has 0 amide bonds. The molecule has 218 valence electrons. The van der Waals surface area contributed by atoms with Crippen molar-refractivity contribution in [3.63, 3.8) is 0 Å². The van der Waals surface area contributed by atoms with Gasteiger partial charge < -0.3 is 4.90 Å². The molecule has 41 heavy (non-hydrogen) atoms. The molecule has 4 nitrogen and oxygen atoms in total. The number of nitroso groups, excluding NO2 is 1. The summed E-state index contributed by atoms with van der Waals surface area (Å²) >= 11 is 0. The SMILES string of the molecule is C[C@]12C[C@H](c3ccc(N4CCCC4)cc3)C3=C4CCC(N=O)C=C4CC[C@H]3[C@@H]1CC[C@@H]2C(=O)CCC#CC(F)(F)F. The lowest BCUT2D eigenvalue weighted by molar-refractivity contribution is -0.127. The molecule has 4 aliphatic carbocycles. The van der Waals surface area contributed by atoms with Crippen LogP contribution in [0.3, 0.4) is 0 Å². The van der Waals surface area contributed by atoms with Crippen molar-refractivity contribution in [1.82, 2.24) is 0 Å². The van der Waals surface area contributed by atoms with Crippen LogP contribution in [-0.4, -0.2) is 31.1 Å². The van der Waals surface area contributed by atoms with Crippen LogP contribution in [0.1, 0.15) is 89.0 Å². The van der Waals surface area contributed by atoms with Gasteiger partial charge in [0.1, 0.15) is 11.8 Å². The number of hydrogen-bond acceptors (Lipinski definition) is 4. The molecule has 0 N–H and O–H groups in total. The third-order valence-corrected chi connectivity index (χ3v) is 10.9. The lowest BCUT2D eigenvalue weighted by atomic mass is 9.51. The highest BCUT2D eigenvalue weighted by Crippen LogP contribution is 2.66. The first-order valence-electron chi connectivity index (χ1n) is 15.4. The summed E-state index contributed by atoms with van der Waals surface area (Å²) in [5.74, 6) is 4.35. The number of nitrogens with zero attached hydrogens (tertiary/aromatic N) is 2. The Hall–Kier alpha value is -2.88. The molecule has 1 saturated heterocycles. The van der Waals surface area contributed by atoms with Crippen LogP contribution in [0, 0.1) is 39.9 Å². The van der Waals surface area contributed by atoms with Gasteiger partial charge in [-0.1, -0.05) is 41.8 Å². The van der Waals surface area contributed by atoms with Gasteiger partial charge in [0.15, 0.2) is 0 Å². The van der Waals surface area contributed by atoms with Crippen LogP contribution < -0.4 is 4.90 Å². The van der Waals surface area contributed by atoms with E-state index >= 15 is 0 Å². The summed E-state index contributed by atoms with van der Waals surface area (Å²) < 4.78 is 37.5. The molecule has 1 unspecified atom stereocenters. The molecular formula is C34H39F3N2O2. The normalized spacial score (nSPS) is 32.8. The molecule has 5 aliphatic rings. The average molecular weight is 565 g/mol. The van der Waals surface area contributed by atoms with Crippen LogP contribution >= 0.6 is 0 Å². The van der Waals surface area contributed by atoms with Crippen molar-refractivity contribution < 1.29 is 18.0 Å². The number of alkyl halides is 3. The summed E-state index contributed by atoms with van der Waals surface area (Å²) in [7, 11) is 0. The minimum absolute atomic E-state index is 0.0458. The molecule has 3 fully saturated rings. The smallest absolute Gasteiger partial charge is 0.372 e. The summed E-state index contributed by atoms with van der Waals surface area (Å²) in [4.78, 5) is 27.3. The zero-order chi connectivity index (χ0) is 28.8. The van der Waals surface area contributed by atoms with Gasteiger partial charge >= 0.3 is 6.18 Å². The van der Waals surface area contributed by atoms with E-state index in [1.54, 1.807) is 0 Å². The number of fused-ring (bicyclic) bond motifs is 4. The fraction of sp³-hybridized carbons (Fsp3) is 0.618. The van der Waals surface area contributed by atoms with Gasteiger partial charge in [-0.05, 0) is 104 Å². The van der Waals surface area contributed by atoms with Crippen molar-refractivity contribution in [2.45, 2.75) is 95.7 Å². The topological polar surface area (TPSA) is 49.7 Å². The molecule has 1 heterocycles. The standard InChI is InChI=1S/C34H39F3N2O2/c1-33-21-28(22-7-11-25(12-8-22)39-18-4-5-19-39)32-26-14-10-24(38-41)20-23(26)9-13-27(32)29(33)15-16-30(33)31(40)6-2-3-17-34(35,36)37/h7-8,11-12,20,24,27-30H,2,4-6,9-10,13-16,18-19,21H2,1H3/t24?,27-,28+,29-,30+,33-/m0/s1. The zero-order valence-electron chi connectivity index (χ0n) is 23.8. The van der Waals surface area contributed by atoms with Gasteiger partial charge in [0.05, 0.1) is 0 Å². The largest absolute Gasteiger partial charge is 0.457 e. The van der Waals surface area contributed by atoms with Crippen LogP contribution in [0.5, 0.6) is 0 Å². The van der Waals surface area contributed by atoms with Crippen LogP contribution in [-0.2, 0) is 4.79 Å². The number of hydrogen-bond donors (Lipinski definition) is 0. The number of Topliss-reactive ketones (excluding diaryl/α,β-unsaturated/α-hetero) is 1. The van der Waals surface area contributed by atoms with Crippen LogP contribution in [0.25, 0.3) is 0 Å². The predicted molar refractivity (Wildman–Crippen MR) is 154 cm³/mol. The number of ketones is 1. The molecule has 1 aliphatic heterocycles. The number of anilines is 1. The van der Waals surface area contributed by atoms with E-state index in [1.165, 1.54) is 46.7 Å². The van der Waals surface area contributed by atoms with E-state index in [4.69, 9.17) is 0 Å². The Morgan fingerprint density at radius 1 is 1.07 bits per heavy atom. The van der Waals surface area contributed by atoms with Crippen molar-refractivity contribution in [3.05, 3.63) is 57.5 Å². The molecule has 6 rings (SSSR count). The average Bonchev–Trinajstić information content (AvgIpc) is 3.62. The van der Waals surface area contributed by atoms with Crippen molar-refractivity contribution in [2.24, 2.45) is 28.3 Å². The maximum Gasteiger partial charge on any atom is 0.457 e. The Morgan fingerprint density at radius 2 is 1.83 bits per heavy atom. The second-order valence-electron chi connectivity index (χ2n) is 13.0. The first kappa shape index (κ1) is 28.2. The molecule has 0 spiro atoms. The van der Waals surface area contributed by atoms with E-state index < -0.39 is 6.18 Å². The minimum Gasteiger partial charge on any atom is -0.372 e. The summed E-state index contributed by atoms with van der Waals surface area (Å²) in [6.07, 6.45) is 6.28. The summed E-state index contributed by atoms with van der Waals surface area (Å²) in [6, 6.07) is 8.81. The number of carbonyl (C=O) groups is 1. The summed E-state index contributed by atoms with van der Waals surface area (Å²) in [5.41, 5.74) is 6.58. The predicted octanol–water partition coefficient (Wildman–Crippen LogP) is 8.28. The van der Waals surface area contributed by atoms with E-state index in [1.807, 2.05) is 0 Å². The van der Waals surface area contributed by atoms with Gasteiger partial charge in [0.25, 0.3) is 0 Å². The number of carbonyl (C=O) groups excluding carboxylic acids is 1.